The van der Waals surface area contributed by atoms with Gasteiger partial charge in [0, 0.05) is 11.6 Å². The van der Waals surface area contributed by atoms with Crippen LogP contribution in [0.2, 0.25) is 0 Å². The van der Waals surface area contributed by atoms with Crippen molar-refractivity contribution in [3.05, 3.63) is 35.9 Å². The summed E-state index contributed by atoms with van der Waals surface area (Å²) >= 11 is 0. The third-order valence-corrected chi connectivity index (χ3v) is 2.52. The smallest absolute Gasteiger partial charge is 0.169 e. The van der Waals surface area contributed by atoms with E-state index in [1.165, 1.54) is 0 Å². The van der Waals surface area contributed by atoms with Crippen molar-refractivity contribution in [1.82, 2.24) is 0 Å². The molecule has 2 N–H and O–H groups in total. The second kappa shape index (κ2) is 3.90. The van der Waals surface area contributed by atoms with Gasteiger partial charge in [0.2, 0.25) is 0 Å². The van der Waals surface area contributed by atoms with Crippen LogP contribution in [0.25, 0.3) is 0 Å². The van der Waals surface area contributed by atoms with Crippen LogP contribution in [-0.4, -0.2) is 25.0 Å². The van der Waals surface area contributed by atoms with E-state index in [-0.39, 0.29) is 17.7 Å². The van der Waals surface area contributed by atoms with E-state index in [0.717, 1.165) is 5.56 Å². The third kappa shape index (κ3) is 1.69. The zero-order valence-corrected chi connectivity index (χ0v) is 7.85. The van der Waals surface area contributed by atoms with E-state index in [1.807, 2.05) is 30.3 Å². The van der Waals surface area contributed by atoms with E-state index < -0.39 is 0 Å². The first-order valence-corrected chi connectivity index (χ1v) is 4.71. The lowest BCUT2D eigenvalue weighted by molar-refractivity contribution is 0.0896. The molecule has 0 bridgehead atoms. The van der Waals surface area contributed by atoms with Crippen molar-refractivity contribution >= 4 is 5.78 Å². The molecule has 1 saturated heterocycles. The summed E-state index contributed by atoms with van der Waals surface area (Å²) in [5.41, 5.74) is 6.49. The van der Waals surface area contributed by atoms with Crippen molar-refractivity contribution in [2.24, 2.45) is 11.7 Å². The molecule has 0 unspecified atom stereocenters. The second-order valence-electron chi connectivity index (χ2n) is 3.54. The Morgan fingerprint density at radius 1 is 1.29 bits per heavy atom. The van der Waals surface area contributed by atoms with Crippen LogP contribution >= 0.6 is 0 Å². The van der Waals surface area contributed by atoms with Gasteiger partial charge in [-0.3, -0.25) is 4.79 Å². The molecule has 1 heterocycles. The molecule has 0 spiro atoms. The van der Waals surface area contributed by atoms with Gasteiger partial charge in [-0.05, 0) is 0 Å². The van der Waals surface area contributed by atoms with Crippen LogP contribution in [0, 0.1) is 5.92 Å². The monoisotopic (exact) mass is 191 g/mol. The van der Waals surface area contributed by atoms with E-state index >= 15 is 0 Å². The summed E-state index contributed by atoms with van der Waals surface area (Å²) < 4.78 is 5.17. The maximum Gasteiger partial charge on any atom is 0.169 e. The van der Waals surface area contributed by atoms with E-state index in [4.69, 9.17) is 10.5 Å². The Kier molecular flexibility index (Phi) is 2.61. The SMILES string of the molecule is N[C@@H]1COC[C@H]1C(=O)c1ccccc1. The van der Waals surface area contributed by atoms with Crippen molar-refractivity contribution < 1.29 is 9.53 Å². The summed E-state index contributed by atoms with van der Waals surface area (Å²) in [6.45, 7) is 0.943. The highest BCUT2D eigenvalue weighted by molar-refractivity contribution is 5.98. The Morgan fingerprint density at radius 2 is 2.00 bits per heavy atom. The van der Waals surface area contributed by atoms with Gasteiger partial charge < -0.3 is 10.5 Å². The Labute approximate surface area is 82.9 Å². The molecule has 0 saturated carbocycles. The molecule has 1 fully saturated rings. The maximum atomic E-state index is 11.9. The summed E-state index contributed by atoms with van der Waals surface area (Å²) in [6.07, 6.45) is 0. The number of rotatable bonds is 2. The number of nitrogens with two attached hydrogens (primary N) is 1. The minimum absolute atomic E-state index is 0.0931. The van der Waals surface area contributed by atoms with E-state index in [1.54, 1.807) is 0 Å². The fourth-order valence-electron chi connectivity index (χ4n) is 1.66. The largest absolute Gasteiger partial charge is 0.379 e. The van der Waals surface area contributed by atoms with E-state index in [9.17, 15) is 4.79 Å². The van der Waals surface area contributed by atoms with Crippen LogP contribution in [0.3, 0.4) is 0 Å². The van der Waals surface area contributed by atoms with Crippen molar-refractivity contribution in [1.29, 1.82) is 0 Å². The predicted molar refractivity (Wildman–Crippen MR) is 53.1 cm³/mol. The first-order valence-electron chi connectivity index (χ1n) is 4.71. The molecule has 1 aliphatic heterocycles. The highest BCUT2D eigenvalue weighted by Gasteiger charge is 2.31. The molecular weight excluding hydrogens is 178 g/mol. The Hall–Kier alpha value is -1.19. The van der Waals surface area contributed by atoms with Crippen LogP contribution in [-0.2, 0) is 4.74 Å². The number of ketones is 1. The highest BCUT2D eigenvalue weighted by atomic mass is 16.5. The predicted octanol–water partition coefficient (Wildman–Crippen LogP) is 0.843. The molecule has 0 radical (unpaired) electrons. The summed E-state index contributed by atoms with van der Waals surface area (Å²) in [4.78, 5) is 11.9. The number of Topliss-reactive ketones (excluding diaryl/α,β-unsaturated/α-hetero) is 1. The third-order valence-electron chi connectivity index (χ3n) is 2.52. The lowest BCUT2D eigenvalue weighted by Crippen LogP contribution is -2.34. The van der Waals surface area contributed by atoms with Crippen LogP contribution in [0.15, 0.2) is 30.3 Å². The van der Waals surface area contributed by atoms with E-state index in [0.29, 0.717) is 13.2 Å². The van der Waals surface area contributed by atoms with Gasteiger partial charge >= 0.3 is 0 Å². The molecule has 1 aromatic rings. The number of carbonyl (C=O) groups excluding carboxylic acids is 1. The molecule has 2 atom stereocenters. The molecule has 0 amide bonds. The maximum absolute atomic E-state index is 11.9. The fourth-order valence-corrected chi connectivity index (χ4v) is 1.66. The first-order chi connectivity index (χ1) is 6.79. The lowest BCUT2D eigenvalue weighted by Gasteiger charge is -2.11. The van der Waals surface area contributed by atoms with Gasteiger partial charge in [-0.15, -0.1) is 0 Å². The van der Waals surface area contributed by atoms with Crippen LogP contribution in [0.1, 0.15) is 10.4 Å². The molecule has 3 nitrogen and oxygen atoms in total. The normalized spacial score (nSPS) is 26.4. The topological polar surface area (TPSA) is 52.3 Å². The summed E-state index contributed by atoms with van der Waals surface area (Å²) in [5.74, 6) is -0.0759. The first kappa shape index (κ1) is 9.37. The average molecular weight is 191 g/mol. The zero-order chi connectivity index (χ0) is 9.97. The van der Waals surface area contributed by atoms with Crippen LogP contribution in [0.4, 0.5) is 0 Å². The van der Waals surface area contributed by atoms with E-state index in [2.05, 4.69) is 0 Å². The molecule has 0 aliphatic carbocycles. The Bertz CT molecular complexity index is 323. The van der Waals surface area contributed by atoms with Gasteiger partial charge in [-0.25, -0.2) is 0 Å². The summed E-state index contributed by atoms with van der Waals surface area (Å²) in [5, 5.41) is 0. The van der Waals surface area contributed by atoms with Crippen molar-refractivity contribution in [3.8, 4) is 0 Å². The minimum Gasteiger partial charge on any atom is -0.379 e. The number of carbonyl (C=O) groups is 1. The molecule has 1 aliphatic rings. The lowest BCUT2D eigenvalue weighted by atomic mass is 9.94. The van der Waals surface area contributed by atoms with Gasteiger partial charge in [0.05, 0.1) is 19.1 Å². The quantitative estimate of drug-likeness (QED) is 0.705. The second-order valence-corrected chi connectivity index (χ2v) is 3.54. The van der Waals surface area contributed by atoms with Crippen LogP contribution < -0.4 is 5.73 Å². The molecular formula is C11H13NO2. The average Bonchev–Trinajstić information content (AvgIpc) is 2.65. The standard InChI is InChI=1S/C11H13NO2/c12-10-7-14-6-9(10)11(13)8-4-2-1-3-5-8/h1-5,9-10H,6-7,12H2/t9-,10-/m1/s1. The van der Waals surface area contributed by atoms with Gasteiger partial charge in [0.25, 0.3) is 0 Å². The number of benzene rings is 1. The fraction of sp³-hybridized carbons (Fsp3) is 0.364. The van der Waals surface area contributed by atoms with Gasteiger partial charge in [0.15, 0.2) is 5.78 Å². The molecule has 0 aromatic heterocycles. The Balaban J connectivity index is 2.16. The minimum atomic E-state index is -0.169. The summed E-state index contributed by atoms with van der Waals surface area (Å²) in [6, 6.07) is 9.08. The molecule has 1 aromatic carbocycles. The van der Waals surface area contributed by atoms with Crippen molar-refractivity contribution in [3.63, 3.8) is 0 Å². The Morgan fingerprint density at radius 3 is 2.57 bits per heavy atom. The number of hydrogen-bond acceptors (Lipinski definition) is 3. The molecule has 3 heteroatoms. The molecule has 74 valence electrons. The summed E-state index contributed by atoms with van der Waals surface area (Å²) in [7, 11) is 0. The van der Waals surface area contributed by atoms with Gasteiger partial charge in [-0.1, -0.05) is 30.3 Å². The molecule has 14 heavy (non-hydrogen) atoms. The van der Waals surface area contributed by atoms with Gasteiger partial charge in [0.1, 0.15) is 0 Å². The van der Waals surface area contributed by atoms with Crippen molar-refractivity contribution in [2.45, 2.75) is 6.04 Å². The van der Waals surface area contributed by atoms with Crippen molar-refractivity contribution in [2.75, 3.05) is 13.2 Å². The molecule has 2 rings (SSSR count). The number of hydrogen-bond donors (Lipinski definition) is 1. The van der Waals surface area contributed by atoms with Gasteiger partial charge in [-0.2, -0.15) is 0 Å². The number of ether oxygens (including phenoxy) is 1. The van der Waals surface area contributed by atoms with Crippen LogP contribution in [0.5, 0.6) is 0 Å². The highest BCUT2D eigenvalue weighted by Crippen LogP contribution is 2.17. The zero-order valence-electron chi connectivity index (χ0n) is 7.85.